The molecule has 0 spiro atoms. The monoisotopic (exact) mass is 275 g/mol. The Hall–Kier alpha value is -2.55. The maximum absolute atomic E-state index is 5.85. The highest BCUT2D eigenvalue weighted by molar-refractivity contribution is 5.81. The maximum atomic E-state index is 5.85. The molecule has 1 aromatic heterocycles. The maximum Gasteiger partial charge on any atom is 0.124 e. The van der Waals surface area contributed by atoms with Crippen LogP contribution in [0.2, 0.25) is 0 Å². The van der Waals surface area contributed by atoms with Crippen molar-refractivity contribution < 1.29 is 0 Å². The third-order valence-corrected chi connectivity index (χ3v) is 4.40. The number of hydrogen-bond donors (Lipinski definition) is 1. The topological polar surface area (TPSA) is 43.8 Å². The van der Waals surface area contributed by atoms with Crippen LogP contribution in [-0.4, -0.2) is 9.55 Å². The second kappa shape index (κ2) is 3.76. The van der Waals surface area contributed by atoms with E-state index in [4.69, 9.17) is 10.7 Å². The number of fused-ring (bicyclic) bond motifs is 5. The van der Waals surface area contributed by atoms with Crippen LogP contribution in [0.25, 0.3) is 22.4 Å². The Labute approximate surface area is 123 Å². The van der Waals surface area contributed by atoms with Crippen LogP contribution in [0.5, 0.6) is 0 Å². The van der Waals surface area contributed by atoms with Crippen molar-refractivity contribution in [1.29, 1.82) is 0 Å². The van der Waals surface area contributed by atoms with Crippen LogP contribution < -0.4 is 5.73 Å². The van der Waals surface area contributed by atoms with Crippen LogP contribution in [0.1, 0.15) is 30.8 Å². The lowest BCUT2D eigenvalue weighted by atomic mass is 9.84. The van der Waals surface area contributed by atoms with Gasteiger partial charge in [0, 0.05) is 5.70 Å². The van der Waals surface area contributed by atoms with Crippen molar-refractivity contribution >= 4 is 16.7 Å². The molecule has 0 aliphatic carbocycles. The largest absolute Gasteiger partial charge is 0.399 e. The molecule has 0 atom stereocenters. The van der Waals surface area contributed by atoms with Gasteiger partial charge >= 0.3 is 0 Å². The highest BCUT2D eigenvalue weighted by Crippen LogP contribution is 2.44. The smallest absolute Gasteiger partial charge is 0.124 e. The van der Waals surface area contributed by atoms with E-state index < -0.39 is 0 Å². The molecule has 104 valence electrons. The number of aromatic nitrogens is 2. The van der Waals surface area contributed by atoms with E-state index >= 15 is 0 Å². The van der Waals surface area contributed by atoms with Gasteiger partial charge in [0.05, 0.1) is 22.1 Å². The molecule has 2 N–H and O–H groups in total. The second-order valence-corrected chi connectivity index (χ2v) is 6.14. The van der Waals surface area contributed by atoms with Crippen LogP contribution in [0.4, 0.5) is 0 Å². The summed E-state index contributed by atoms with van der Waals surface area (Å²) in [5.74, 6) is 1.08. The number of hydrogen-bond acceptors (Lipinski definition) is 2. The minimum Gasteiger partial charge on any atom is -0.399 e. The quantitative estimate of drug-likeness (QED) is 0.737. The number of para-hydroxylation sites is 2. The first kappa shape index (κ1) is 12.2. The van der Waals surface area contributed by atoms with E-state index in [0.717, 1.165) is 22.4 Å². The van der Waals surface area contributed by atoms with Gasteiger partial charge in [0.2, 0.25) is 0 Å². The number of nitrogens with zero attached hydrogens (tertiary/aromatic N) is 2. The van der Waals surface area contributed by atoms with Gasteiger partial charge in [-0.05, 0) is 49.2 Å². The lowest BCUT2D eigenvalue weighted by molar-refractivity contribution is 0.621. The predicted molar refractivity (Wildman–Crippen MR) is 86.4 cm³/mol. The lowest BCUT2D eigenvalue weighted by Crippen LogP contribution is -2.17. The van der Waals surface area contributed by atoms with Crippen LogP contribution in [0, 0.1) is 0 Å². The zero-order valence-corrected chi connectivity index (χ0v) is 12.2. The van der Waals surface area contributed by atoms with Gasteiger partial charge in [-0.3, -0.25) is 4.57 Å². The van der Waals surface area contributed by atoms with Crippen molar-refractivity contribution in [2.45, 2.75) is 19.3 Å². The van der Waals surface area contributed by atoms with E-state index in [0.29, 0.717) is 5.70 Å². The Kier molecular flexibility index (Phi) is 2.18. The van der Waals surface area contributed by atoms with Gasteiger partial charge in [-0.1, -0.05) is 24.8 Å². The molecule has 0 radical (unpaired) electrons. The molecule has 21 heavy (non-hydrogen) atoms. The molecule has 3 nitrogen and oxygen atoms in total. The molecule has 3 aromatic rings. The minimum atomic E-state index is -0.139. The van der Waals surface area contributed by atoms with E-state index in [-0.39, 0.29) is 5.41 Å². The average Bonchev–Trinajstić information content (AvgIpc) is 2.95. The molecule has 1 aliphatic rings. The highest BCUT2D eigenvalue weighted by atomic mass is 15.1. The Bertz CT molecular complexity index is 900. The lowest BCUT2D eigenvalue weighted by Gasteiger charge is -2.18. The van der Waals surface area contributed by atoms with Gasteiger partial charge < -0.3 is 5.73 Å². The highest BCUT2D eigenvalue weighted by Gasteiger charge is 2.38. The molecule has 0 amide bonds. The van der Waals surface area contributed by atoms with Gasteiger partial charge in [0.1, 0.15) is 5.82 Å². The summed E-state index contributed by atoms with van der Waals surface area (Å²) in [6.07, 6.45) is 0. The van der Waals surface area contributed by atoms with Crippen molar-refractivity contribution in [1.82, 2.24) is 9.55 Å². The summed E-state index contributed by atoms with van der Waals surface area (Å²) in [5, 5.41) is 0. The first-order valence-corrected chi connectivity index (χ1v) is 7.08. The first-order chi connectivity index (χ1) is 10.00. The SMILES string of the molecule is C=C(N)c1ccc2c(c1)C(C)(C)c1nc3ccccc3n1-2. The Morgan fingerprint density at radius 3 is 2.71 bits per heavy atom. The Morgan fingerprint density at radius 1 is 1.19 bits per heavy atom. The molecule has 4 rings (SSSR count). The third-order valence-electron chi connectivity index (χ3n) is 4.40. The van der Waals surface area contributed by atoms with Crippen LogP contribution in [0.15, 0.2) is 49.0 Å². The Balaban J connectivity index is 2.10. The molecular weight excluding hydrogens is 258 g/mol. The molecule has 0 saturated heterocycles. The summed E-state index contributed by atoms with van der Waals surface area (Å²) in [6, 6.07) is 14.6. The summed E-state index contributed by atoms with van der Waals surface area (Å²) in [5.41, 5.74) is 11.9. The number of nitrogens with two attached hydrogens (primary N) is 1. The molecule has 0 unspecified atom stereocenters. The normalized spacial score (nSPS) is 15.0. The standard InChI is InChI=1S/C18H17N3/c1-11(19)12-8-9-15-13(10-12)18(2,3)17-20-14-6-4-5-7-16(14)21(15)17/h4-10H,1,19H2,2-3H3. The van der Waals surface area contributed by atoms with Gasteiger partial charge in [0.25, 0.3) is 0 Å². The number of rotatable bonds is 1. The summed E-state index contributed by atoms with van der Waals surface area (Å²) in [6.45, 7) is 8.26. The van der Waals surface area contributed by atoms with E-state index in [9.17, 15) is 0 Å². The number of imidazole rings is 1. The zero-order valence-electron chi connectivity index (χ0n) is 12.2. The predicted octanol–water partition coefficient (Wildman–Crippen LogP) is 3.59. The van der Waals surface area contributed by atoms with Gasteiger partial charge in [-0.25, -0.2) is 4.98 Å². The summed E-state index contributed by atoms with van der Waals surface area (Å²) in [4.78, 5) is 4.84. The first-order valence-electron chi connectivity index (χ1n) is 7.08. The fraction of sp³-hybridized carbons (Fsp3) is 0.167. The van der Waals surface area contributed by atoms with Crippen molar-refractivity contribution in [2.24, 2.45) is 5.73 Å². The molecule has 2 aromatic carbocycles. The fourth-order valence-corrected chi connectivity index (χ4v) is 3.24. The molecule has 0 bridgehead atoms. The van der Waals surface area contributed by atoms with Crippen molar-refractivity contribution in [3.63, 3.8) is 0 Å². The molecular formula is C18H17N3. The molecule has 0 fully saturated rings. The summed E-state index contributed by atoms with van der Waals surface area (Å²) >= 11 is 0. The van der Waals surface area contributed by atoms with Crippen LogP contribution in [-0.2, 0) is 5.41 Å². The van der Waals surface area contributed by atoms with Gasteiger partial charge in [0.15, 0.2) is 0 Å². The van der Waals surface area contributed by atoms with Gasteiger partial charge in [-0.15, -0.1) is 0 Å². The van der Waals surface area contributed by atoms with Crippen molar-refractivity contribution in [3.8, 4) is 5.69 Å². The summed E-state index contributed by atoms with van der Waals surface area (Å²) in [7, 11) is 0. The van der Waals surface area contributed by atoms with E-state index in [1.807, 2.05) is 12.1 Å². The molecule has 1 aliphatic heterocycles. The average molecular weight is 275 g/mol. The van der Waals surface area contributed by atoms with Crippen LogP contribution >= 0.6 is 0 Å². The fourth-order valence-electron chi connectivity index (χ4n) is 3.24. The van der Waals surface area contributed by atoms with E-state index in [1.165, 1.54) is 11.3 Å². The van der Waals surface area contributed by atoms with Crippen molar-refractivity contribution in [2.75, 3.05) is 0 Å². The molecule has 2 heterocycles. The number of benzene rings is 2. The van der Waals surface area contributed by atoms with Crippen LogP contribution in [0.3, 0.4) is 0 Å². The van der Waals surface area contributed by atoms with E-state index in [2.05, 4.69) is 55.3 Å². The minimum absolute atomic E-state index is 0.139. The van der Waals surface area contributed by atoms with Gasteiger partial charge in [-0.2, -0.15) is 0 Å². The Morgan fingerprint density at radius 2 is 1.95 bits per heavy atom. The molecule has 0 saturated carbocycles. The third kappa shape index (κ3) is 1.46. The zero-order chi connectivity index (χ0) is 14.8. The summed E-state index contributed by atoms with van der Waals surface area (Å²) < 4.78 is 2.26. The second-order valence-electron chi connectivity index (χ2n) is 6.14. The van der Waals surface area contributed by atoms with Crippen molar-refractivity contribution in [3.05, 3.63) is 66.0 Å². The molecule has 3 heteroatoms. The van der Waals surface area contributed by atoms with E-state index in [1.54, 1.807) is 0 Å².